The molecule has 0 aliphatic heterocycles. The van der Waals surface area contributed by atoms with Crippen molar-refractivity contribution in [1.29, 1.82) is 0 Å². The van der Waals surface area contributed by atoms with Crippen molar-refractivity contribution in [3.8, 4) is 0 Å². The molecule has 1 aromatic carbocycles. The molecule has 0 unspecified atom stereocenters. The zero-order valence-electron chi connectivity index (χ0n) is 11.0. The Hall–Kier alpha value is -1.91. The lowest BCUT2D eigenvalue weighted by atomic mass is 9.89. The van der Waals surface area contributed by atoms with E-state index in [4.69, 9.17) is 10.8 Å². The lowest BCUT2D eigenvalue weighted by Crippen LogP contribution is -2.17. The minimum absolute atomic E-state index is 0.494. The van der Waals surface area contributed by atoms with Gasteiger partial charge in [0.25, 0.3) is 0 Å². The fourth-order valence-electron chi connectivity index (χ4n) is 2.57. The third-order valence-corrected chi connectivity index (χ3v) is 3.61. The third kappa shape index (κ3) is 4.05. The first-order valence-corrected chi connectivity index (χ1v) is 6.78. The molecule has 1 aliphatic rings. The van der Waals surface area contributed by atoms with E-state index in [9.17, 15) is 4.79 Å². The summed E-state index contributed by atoms with van der Waals surface area (Å²) in [5, 5.41) is 14.3. The van der Waals surface area contributed by atoms with Gasteiger partial charge in [-0.3, -0.25) is 5.32 Å². The Labute approximate surface area is 113 Å². The summed E-state index contributed by atoms with van der Waals surface area (Å²) in [5.74, 6) is 0.727. The Morgan fingerprint density at radius 2 is 2.05 bits per heavy atom. The molecule has 0 heterocycles. The van der Waals surface area contributed by atoms with Crippen LogP contribution in [0.1, 0.15) is 32.1 Å². The lowest BCUT2D eigenvalue weighted by molar-refractivity contribution is 0.210. The highest BCUT2D eigenvalue weighted by molar-refractivity contribution is 5.85. The maximum atomic E-state index is 10.5. The van der Waals surface area contributed by atoms with Crippen LogP contribution in [-0.4, -0.2) is 17.7 Å². The molecule has 0 atom stereocenters. The number of carbonyl (C=O) groups is 1. The molecule has 0 aromatic heterocycles. The smallest absolute Gasteiger partial charge is 0.409 e. The van der Waals surface area contributed by atoms with E-state index in [0.717, 1.165) is 18.2 Å². The molecule has 1 aromatic rings. The first kappa shape index (κ1) is 13.5. The molecule has 19 heavy (non-hydrogen) atoms. The highest BCUT2D eigenvalue weighted by atomic mass is 16.4. The van der Waals surface area contributed by atoms with E-state index in [1.165, 1.54) is 32.1 Å². The number of hydrogen-bond acceptors (Lipinski definition) is 3. The third-order valence-electron chi connectivity index (χ3n) is 3.61. The van der Waals surface area contributed by atoms with E-state index in [-0.39, 0.29) is 0 Å². The highest BCUT2D eigenvalue weighted by Gasteiger charge is 2.13. The van der Waals surface area contributed by atoms with Gasteiger partial charge >= 0.3 is 6.09 Å². The van der Waals surface area contributed by atoms with Crippen LogP contribution in [0.15, 0.2) is 18.2 Å². The average Bonchev–Trinajstić information content (AvgIpc) is 2.38. The molecule has 1 fully saturated rings. The second kappa shape index (κ2) is 6.31. The van der Waals surface area contributed by atoms with Crippen LogP contribution in [0.25, 0.3) is 0 Å². The monoisotopic (exact) mass is 263 g/mol. The van der Waals surface area contributed by atoms with Crippen LogP contribution in [0.2, 0.25) is 0 Å². The molecule has 2 rings (SSSR count). The van der Waals surface area contributed by atoms with Crippen LogP contribution in [0, 0.1) is 5.92 Å². The van der Waals surface area contributed by atoms with Crippen molar-refractivity contribution in [2.24, 2.45) is 5.92 Å². The average molecular weight is 263 g/mol. The van der Waals surface area contributed by atoms with Crippen molar-refractivity contribution < 1.29 is 9.90 Å². The predicted molar refractivity (Wildman–Crippen MR) is 77.6 cm³/mol. The maximum absolute atomic E-state index is 10.5. The molecule has 5 N–H and O–H groups in total. The fourth-order valence-corrected chi connectivity index (χ4v) is 2.57. The Kier molecular flexibility index (Phi) is 4.49. The SMILES string of the molecule is Nc1cc(NC(=O)O)ccc1NCC1CCCCC1. The number of nitrogens with two attached hydrogens (primary N) is 1. The molecule has 104 valence electrons. The first-order valence-electron chi connectivity index (χ1n) is 6.78. The zero-order chi connectivity index (χ0) is 13.7. The fraction of sp³-hybridized carbons (Fsp3) is 0.500. The minimum atomic E-state index is -1.08. The molecular formula is C14H21N3O2. The normalized spacial score (nSPS) is 16.0. The summed E-state index contributed by atoms with van der Waals surface area (Å²) in [4.78, 5) is 10.5. The predicted octanol–water partition coefficient (Wildman–Crippen LogP) is 3.35. The standard InChI is InChI=1S/C14H21N3O2/c15-12-8-11(17-14(18)19)6-7-13(12)16-9-10-4-2-1-3-5-10/h6-8,10,16-17H,1-5,9,15H2,(H,18,19). The van der Waals surface area contributed by atoms with E-state index >= 15 is 0 Å². The van der Waals surface area contributed by atoms with Gasteiger partial charge in [0.1, 0.15) is 0 Å². The second-order valence-corrected chi connectivity index (χ2v) is 5.12. The summed E-state index contributed by atoms with van der Waals surface area (Å²) in [7, 11) is 0. The Balaban J connectivity index is 1.91. The van der Waals surface area contributed by atoms with Gasteiger partial charge in [-0.05, 0) is 37.0 Å². The molecule has 5 nitrogen and oxygen atoms in total. The van der Waals surface area contributed by atoms with Gasteiger partial charge in [-0.2, -0.15) is 0 Å². The second-order valence-electron chi connectivity index (χ2n) is 5.12. The number of hydrogen-bond donors (Lipinski definition) is 4. The first-order chi connectivity index (χ1) is 9.15. The number of anilines is 3. The van der Waals surface area contributed by atoms with Crippen molar-refractivity contribution >= 4 is 23.2 Å². The van der Waals surface area contributed by atoms with Crippen molar-refractivity contribution in [2.45, 2.75) is 32.1 Å². The van der Waals surface area contributed by atoms with Gasteiger partial charge in [0.15, 0.2) is 0 Å². The molecular weight excluding hydrogens is 242 g/mol. The molecule has 0 saturated heterocycles. The van der Waals surface area contributed by atoms with Crippen molar-refractivity contribution in [3.05, 3.63) is 18.2 Å². The summed E-state index contributed by atoms with van der Waals surface area (Å²) in [6, 6.07) is 5.18. The van der Waals surface area contributed by atoms with Crippen LogP contribution >= 0.6 is 0 Å². The topological polar surface area (TPSA) is 87.4 Å². The number of carboxylic acid groups (broad SMARTS) is 1. The maximum Gasteiger partial charge on any atom is 0.409 e. The van der Waals surface area contributed by atoms with Crippen LogP contribution in [0.4, 0.5) is 21.9 Å². The highest BCUT2D eigenvalue weighted by Crippen LogP contribution is 2.26. The number of rotatable bonds is 4. The van der Waals surface area contributed by atoms with Crippen molar-refractivity contribution in [1.82, 2.24) is 0 Å². The van der Waals surface area contributed by atoms with Crippen molar-refractivity contribution in [2.75, 3.05) is 22.9 Å². The van der Waals surface area contributed by atoms with Gasteiger partial charge in [0.05, 0.1) is 11.4 Å². The quantitative estimate of drug-likeness (QED) is 0.627. The molecule has 0 spiro atoms. The molecule has 5 heteroatoms. The Morgan fingerprint density at radius 3 is 2.68 bits per heavy atom. The van der Waals surface area contributed by atoms with Gasteiger partial charge in [-0.15, -0.1) is 0 Å². The Morgan fingerprint density at radius 1 is 1.32 bits per heavy atom. The summed E-state index contributed by atoms with van der Waals surface area (Å²) in [6.45, 7) is 0.940. The van der Waals surface area contributed by atoms with E-state index < -0.39 is 6.09 Å². The van der Waals surface area contributed by atoms with Gasteiger partial charge in [-0.25, -0.2) is 4.79 Å². The van der Waals surface area contributed by atoms with Gasteiger partial charge in [0.2, 0.25) is 0 Å². The van der Waals surface area contributed by atoms with Gasteiger partial charge < -0.3 is 16.2 Å². The minimum Gasteiger partial charge on any atom is -0.465 e. The number of benzene rings is 1. The number of amides is 1. The van der Waals surface area contributed by atoms with E-state index in [0.29, 0.717) is 11.4 Å². The number of nitrogen functional groups attached to an aromatic ring is 1. The molecule has 1 aliphatic carbocycles. The summed E-state index contributed by atoms with van der Waals surface area (Å²) < 4.78 is 0. The summed E-state index contributed by atoms with van der Waals surface area (Å²) in [6.07, 6.45) is 5.49. The van der Waals surface area contributed by atoms with E-state index in [1.54, 1.807) is 12.1 Å². The largest absolute Gasteiger partial charge is 0.465 e. The van der Waals surface area contributed by atoms with Crippen molar-refractivity contribution in [3.63, 3.8) is 0 Å². The molecule has 0 radical (unpaired) electrons. The molecule has 1 saturated carbocycles. The zero-order valence-corrected chi connectivity index (χ0v) is 11.0. The summed E-state index contributed by atoms with van der Waals surface area (Å²) >= 11 is 0. The number of nitrogens with one attached hydrogen (secondary N) is 2. The van der Waals surface area contributed by atoms with Crippen LogP contribution in [0.3, 0.4) is 0 Å². The van der Waals surface area contributed by atoms with Gasteiger partial charge in [-0.1, -0.05) is 19.3 Å². The van der Waals surface area contributed by atoms with Crippen LogP contribution in [-0.2, 0) is 0 Å². The molecule has 0 bridgehead atoms. The van der Waals surface area contributed by atoms with E-state index in [1.807, 2.05) is 6.07 Å². The summed E-state index contributed by atoms with van der Waals surface area (Å²) in [5.41, 5.74) is 7.86. The van der Waals surface area contributed by atoms with Crippen LogP contribution in [0.5, 0.6) is 0 Å². The van der Waals surface area contributed by atoms with Gasteiger partial charge in [0, 0.05) is 12.2 Å². The van der Waals surface area contributed by atoms with Crippen LogP contribution < -0.4 is 16.4 Å². The van der Waals surface area contributed by atoms with E-state index in [2.05, 4.69) is 10.6 Å². The Bertz CT molecular complexity index is 442. The lowest BCUT2D eigenvalue weighted by Gasteiger charge is -2.22. The molecule has 1 amide bonds.